The first-order valence-corrected chi connectivity index (χ1v) is 17.7. The summed E-state index contributed by atoms with van der Waals surface area (Å²) in [5.41, 5.74) is 3.46. The van der Waals surface area contributed by atoms with Crippen LogP contribution in [0.15, 0.2) is 85.2 Å². The Bertz CT molecular complexity index is 1930. The third-order valence-electron chi connectivity index (χ3n) is 8.81. The molecule has 2 amide bonds. The number of hydrazone groups is 1. The SMILES string of the molecule is CC1CCN(C2=NN3C(=N)/C(=C\C4=c5ccccc5=NC4)C(=O)N=C3S2)CC1.Cc1cccc(/C=C2/SC(N3CCCC3)=NC2=O)c1. The number of aryl methyl sites for hydroxylation is 1. The molecule has 0 unspecified atom stereocenters. The van der Waals surface area contributed by atoms with E-state index in [9.17, 15) is 9.59 Å². The van der Waals surface area contributed by atoms with E-state index in [-0.39, 0.29) is 23.2 Å². The minimum Gasteiger partial charge on any atom is -0.351 e. The number of likely N-dealkylation sites (tertiary alicyclic amines) is 2. The minimum absolute atomic E-state index is 0.0831. The van der Waals surface area contributed by atoms with Gasteiger partial charge in [0.2, 0.25) is 5.17 Å². The summed E-state index contributed by atoms with van der Waals surface area (Å²) in [6.45, 7) is 8.79. The largest absolute Gasteiger partial charge is 0.351 e. The lowest BCUT2D eigenvalue weighted by molar-refractivity contribution is -0.114. The first kappa shape index (κ1) is 31.3. The van der Waals surface area contributed by atoms with Crippen molar-refractivity contribution in [3.05, 3.63) is 86.8 Å². The zero-order valence-corrected chi connectivity index (χ0v) is 28.1. The predicted octanol–water partition coefficient (Wildman–Crippen LogP) is 4.38. The van der Waals surface area contributed by atoms with Crippen LogP contribution in [-0.4, -0.2) is 80.7 Å². The number of aliphatic imine (C=N–C) groups is 2. The van der Waals surface area contributed by atoms with Gasteiger partial charge in [-0.2, -0.15) is 15.0 Å². The van der Waals surface area contributed by atoms with Crippen molar-refractivity contribution in [2.75, 3.05) is 32.7 Å². The Hall–Kier alpha value is -4.29. The van der Waals surface area contributed by atoms with Crippen molar-refractivity contribution in [2.24, 2.45) is 26.0 Å². The van der Waals surface area contributed by atoms with E-state index >= 15 is 0 Å². The summed E-state index contributed by atoms with van der Waals surface area (Å²) in [4.78, 5) is 42.6. The fourth-order valence-electron chi connectivity index (χ4n) is 6.10. The third-order valence-corrected chi connectivity index (χ3v) is 10.8. The number of benzene rings is 2. The Kier molecular flexibility index (Phi) is 8.96. The van der Waals surface area contributed by atoms with Gasteiger partial charge in [-0.1, -0.05) is 55.0 Å². The highest BCUT2D eigenvalue weighted by atomic mass is 32.2. The van der Waals surface area contributed by atoms with Crippen molar-refractivity contribution < 1.29 is 9.59 Å². The van der Waals surface area contributed by atoms with Crippen molar-refractivity contribution in [3.8, 4) is 0 Å². The fourth-order valence-corrected chi connectivity index (χ4v) is 8.01. The van der Waals surface area contributed by atoms with Crippen LogP contribution in [0.1, 0.15) is 43.7 Å². The van der Waals surface area contributed by atoms with Crippen molar-refractivity contribution in [1.29, 1.82) is 5.41 Å². The standard InChI is InChI=1S/C20H20N6OS.C15H16N2OS/c1-12-6-8-25(9-7-12)20-24-26-17(21)15(18(27)23-19(26)28-20)10-13-11-22-16-5-3-2-4-14(13)16;1-11-5-4-6-12(9-11)10-13-14(18)16-15(19-13)17-7-2-3-8-17/h2-5,10,12,21H,6-9,11H2,1H3;4-6,9-10H,2-3,7-8H2,1H3/b15-10+,21-17?;13-10+. The number of para-hydroxylation sites is 1. The van der Waals surface area contributed by atoms with Crippen molar-refractivity contribution in [1.82, 2.24) is 14.8 Å². The van der Waals surface area contributed by atoms with Crippen LogP contribution in [0.5, 0.6) is 0 Å². The molecule has 1 N–H and O–H groups in total. The number of rotatable bonds is 2. The van der Waals surface area contributed by atoms with Crippen LogP contribution in [0.2, 0.25) is 0 Å². The second-order valence-electron chi connectivity index (χ2n) is 12.3. The summed E-state index contributed by atoms with van der Waals surface area (Å²) in [7, 11) is 0. The number of thioether (sulfide) groups is 2. The molecular formula is C35H36N8O2S2. The Labute approximate surface area is 282 Å². The first-order valence-electron chi connectivity index (χ1n) is 16.0. The van der Waals surface area contributed by atoms with Gasteiger partial charge in [0, 0.05) is 31.4 Å². The number of amidine groups is 4. The van der Waals surface area contributed by atoms with E-state index in [0.29, 0.717) is 11.7 Å². The van der Waals surface area contributed by atoms with Gasteiger partial charge in [0.15, 0.2) is 16.2 Å². The number of hydrogen-bond donors (Lipinski definition) is 1. The van der Waals surface area contributed by atoms with E-state index in [1.165, 1.54) is 46.9 Å². The van der Waals surface area contributed by atoms with Gasteiger partial charge in [0.1, 0.15) is 0 Å². The number of hydrogen-bond acceptors (Lipinski definition) is 9. The maximum absolute atomic E-state index is 12.6. The van der Waals surface area contributed by atoms with Gasteiger partial charge in [-0.15, -0.1) is 5.10 Å². The molecule has 0 atom stereocenters. The Morgan fingerprint density at radius 1 is 0.851 bits per heavy atom. The molecule has 0 spiro atoms. The minimum atomic E-state index is -0.385. The van der Waals surface area contributed by atoms with Crippen molar-refractivity contribution in [3.63, 3.8) is 0 Å². The lowest BCUT2D eigenvalue weighted by Gasteiger charge is -2.30. The zero-order valence-electron chi connectivity index (χ0n) is 26.5. The molecule has 0 saturated carbocycles. The van der Waals surface area contributed by atoms with Gasteiger partial charge in [-0.3, -0.25) is 20.0 Å². The van der Waals surface area contributed by atoms with Crippen LogP contribution in [0.4, 0.5) is 0 Å². The second-order valence-corrected chi connectivity index (χ2v) is 14.3. The summed E-state index contributed by atoms with van der Waals surface area (Å²) in [5, 5.41) is 18.8. The molecule has 0 aromatic heterocycles. The van der Waals surface area contributed by atoms with Crippen molar-refractivity contribution in [2.45, 2.75) is 39.5 Å². The molecule has 2 saturated heterocycles. The highest BCUT2D eigenvalue weighted by molar-refractivity contribution is 8.26. The summed E-state index contributed by atoms with van der Waals surface area (Å²) < 4.78 is 0. The predicted molar refractivity (Wildman–Crippen MR) is 191 cm³/mol. The van der Waals surface area contributed by atoms with E-state index in [0.717, 1.165) is 81.9 Å². The van der Waals surface area contributed by atoms with Gasteiger partial charge in [0.05, 0.1) is 22.4 Å². The fraction of sp³-hybridized carbons (Fsp3) is 0.343. The Morgan fingerprint density at radius 3 is 2.38 bits per heavy atom. The number of carbonyl (C=O) groups excluding carboxylic acids is 2. The van der Waals surface area contributed by atoms with Gasteiger partial charge in [-0.05, 0) is 91.4 Å². The Balaban J connectivity index is 0.000000161. The molecule has 6 heterocycles. The van der Waals surface area contributed by atoms with E-state index in [1.807, 2.05) is 42.5 Å². The van der Waals surface area contributed by atoms with E-state index in [1.54, 1.807) is 6.08 Å². The van der Waals surface area contributed by atoms with Crippen LogP contribution in [0, 0.1) is 18.3 Å². The monoisotopic (exact) mass is 664 g/mol. The number of carbonyl (C=O) groups is 2. The molecule has 2 aromatic rings. The van der Waals surface area contributed by atoms with Crippen LogP contribution >= 0.6 is 23.5 Å². The molecule has 2 fully saturated rings. The van der Waals surface area contributed by atoms with Crippen LogP contribution in [0.25, 0.3) is 11.6 Å². The molecule has 2 aromatic carbocycles. The molecule has 10 nitrogen and oxygen atoms in total. The molecule has 6 aliphatic heterocycles. The second kappa shape index (κ2) is 13.4. The molecular weight excluding hydrogens is 629 g/mol. The topological polar surface area (TPSA) is 117 Å². The molecule has 0 aliphatic carbocycles. The number of piperidine rings is 1. The van der Waals surface area contributed by atoms with Gasteiger partial charge in [-0.25, -0.2) is 0 Å². The van der Waals surface area contributed by atoms with Gasteiger partial charge in [0.25, 0.3) is 11.8 Å². The molecule has 240 valence electrons. The smallest absolute Gasteiger partial charge is 0.286 e. The normalized spacial score (nSPS) is 22.7. The number of nitrogens with one attached hydrogen (secondary N) is 1. The van der Waals surface area contributed by atoms with Gasteiger partial charge >= 0.3 is 0 Å². The average Bonchev–Trinajstić information content (AvgIpc) is 3.88. The van der Waals surface area contributed by atoms with E-state index in [4.69, 9.17) is 5.41 Å². The third kappa shape index (κ3) is 6.75. The number of nitrogens with zero attached hydrogens (tertiary/aromatic N) is 7. The van der Waals surface area contributed by atoms with E-state index in [2.05, 4.69) is 55.9 Å². The quantitative estimate of drug-likeness (QED) is 0.474. The maximum Gasteiger partial charge on any atom is 0.286 e. The first-order chi connectivity index (χ1) is 22.8. The lowest BCUT2D eigenvalue weighted by atomic mass is 10.00. The molecule has 8 rings (SSSR count). The maximum atomic E-state index is 12.6. The number of amides is 2. The highest BCUT2D eigenvalue weighted by Crippen LogP contribution is 2.32. The van der Waals surface area contributed by atoms with E-state index < -0.39 is 0 Å². The van der Waals surface area contributed by atoms with Crippen molar-refractivity contribution >= 4 is 68.3 Å². The highest BCUT2D eigenvalue weighted by Gasteiger charge is 2.38. The van der Waals surface area contributed by atoms with Crippen LogP contribution in [0.3, 0.4) is 0 Å². The molecule has 0 bridgehead atoms. The van der Waals surface area contributed by atoms with Crippen LogP contribution in [-0.2, 0) is 9.59 Å². The van der Waals surface area contributed by atoms with Gasteiger partial charge < -0.3 is 9.80 Å². The molecule has 0 radical (unpaired) electrons. The summed E-state index contributed by atoms with van der Waals surface area (Å²) in [5.74, 6) is 0.326. The molecule has 47 heavy (non-hydrogen) atoms. The lowest BCUT2D eigenvalue weighted by Crippen LogP contribution is -2.36. The molecule has 6 aliphatic rings. The Morgan fingerprint density at radius 2 is 1.60 bits per heavy atom. The average molecular weight is 665 g/mol. The summed E-state index contributed by atoms with van der Waals surface area (Å²) in [6.07, 6.45) is 8.35. The van der Waals surface area contributed by atoms with Crippen LogP contribution < -0.4 is 10.6 Å². The summed E-state index contributed by atoms with van der Waals surface area (Å²) in [6, 6.07) is 16.0. The molecule has 12 heteroatoms. The number of fused-ring (bicyclic) bond motifs is 2. The summed E-state index contributed by atoms with van der Waals surface area (Å²) >= 11 is 2.89. The zero-order chi connectivity index (χ0) is 32.5.